The van der Waals surface area contributed by atoms with Crippen molar-refractivity contribution in [2.75, 3.05) is 0 Å². The molecule has 2 rings (SSSR count). The van der Waals surface area contributed by atoms with Gasteiger partial charge < -0.3 is 10.2 Å². The molecule has 0 radical (unpaired) electrons. The third kappa shape index (κ3) is 5.11. The first kappa shape index (κ1) is 17.0. The quantitative estimate of drug-likeness (QED) is 0.565. The zero-order chi connectivity index (χ0) is 16.7. The first-order chi connectivity index (χ1) is 11.1. The Morgan fingerprint density at radius 1 is 1.35 bits per heavy atom. The zero-order valence-corrected chi connectivity index (χ0v) is 13.8. The number of hydrogen-bond donors (Lipinski definition) is 2. The molecule has 0 saturated heterocycles. The molecule has 120 valence electrons. The Labute approximate surface area is 142 Å². The molecule has 1 aromatic carbocycles. The maximum atomic E-state index is 10.5. The van der Waals surface area contributed by atoms with Gasteiger partial charge >= 0.3 is 5.97 Å². The summed E-state index contributed by atoms with van der Waals surface area (Å²) in [5, 5.41) is 26.7. The molecule has 0 aliphatic carbocycles. The van der Waals surface area contributed by atoms with E-state index in [2.05, 4.69) is 10.2 Å². The van der Waals surface area contributed by atoms with E-state index in [0.717, 1.165) is 5.69 Å². The first-order valence-electron chi connectivity index (χ1n) is 6.85. The molecule has 0 unspecified atom stereocenters. The van der Waals surface area contributed by atoms with Crippen LogP contribution in [0.15, 0.2) is 46.8 Å². The summed E-state index contributed by atoms with van der Waals surface area (Å²) in [5.74, 6) is -0.843. The number of benzene rings is 1. The third-order valence-electron chi connectivity index (χ3n) is 2.89. The van der Waals surface area contributed by atoms with Gasteiger partial charge in [-0.3, -0.25) is 9.36 Å². The fraction of sp³-hybridized carbons (Fsp3) is 0.200. The Kier molecular flexibility index (Phi) is 6.19. The normalized spacial score (nSPS) is 11.5. The topological polar surface area (TPSA) is 87.2 Å². The minimum atomic E-state index is -0.868. The molecule has 1 heterocycles. The number of carbonyl (C=O) groups is 1. The van der Waals surface area contributed by atoms with Crippen LogP contribution in [-0.2, 0) is 11.3 Å². The third-order valence-corrected chi connectivity index (χ3v) is 4.29. The number of carboxylic acid groups (broad SMARTS) is 1. The van der Waals surface area contributed by atoms with Crippen LogP contribution < -0.4 is 0 Å². The number of thiazole rings is 1. The van der Waals surface area contributed by atoms with Crippen molar-refractivity contribution in [1.82, 2.24) is 4.57 Å². The molecule has 0 spiro atoms. The van der Waals surface area contributed by atoms with Crippen LogP contribution in [0.4, 0.5) is 5.69 Å². The van der Waals surface area contributed by atoms with Crippen molar-refractivity contribution in [2.24, 2.45) is 10.2 Å². The number of rotatable bonds is 7. The second kappa shape index (κ2) is 8.35. The van der Waals surface area contributed by atoms with Crippen LogP contribution in [0.3, 0.4) is 0 Å². The lowest BCUT2D eigenvalue weighted by atomic mass is 10.3. The minimum Gasteiger partial charge on any atom is -0.493 e. The molecule has 23 heavy (non-hydrogen) atoms. The van der Waals surface area contributed by atoms with Crippen LogP contribution in [-0.4, -0.2) is 20.7 Å². The second-order valence-electron chi connectivity index (χ2n) is 4.57. The molecule has 2 N–H and O–H groups in total. The number of hydrogen-bond acceptors (Lipinski definition) is 6. The van der Waals surface area contributed by atoms with Crippen LogP contribution >= 0.6 is 23.6 Å². The van der Waals surface area contributed by atoms with E-state index >= 15 is 0 Å². The molecule has 0 bridgehead atoms. The Bertz CT molecular complexity index is 779. The van der Waals surface area contributed by atoms with E-state index in [-0.39, 0.29) is 12.3 Å². The average molecular weight is 349 g/mol. The number of aromatic nitrogens is 1. The van der Waals surface area contributed by atoms with Gasteiger partial charge in [0.1, 0.15) is 0 Å². The number of azo groups is 1. The molecule has 0 aliphatic rings. The summed E-state index contributed by atoms with van der Waals surface area (Å²) >= 11 is 6.42. The highest BCUT2D eigenvalue weighted by Gasteiger charge is 2.09. The van der Waals surface area contributed by atoms with E-state index in [1.54, 1.807) is 6.08 Å². The molecule has 8 heteroatoms. The molecule has 0 atom stereocenters. The van der Waals surface area contributed by atoms with Gasteiger partial charge in [-0.2, -0.15) is 10.2 Å². The van der Waals surface area contributed by atoms with Crippen molar-refractivity contribution in [2.45, 2.75) is 19.4 Å². The number of aromatic hydroxyl groups is 1. The number of nitrogens with zero attached hydrogens (tertiary/aromatic N) is 3. The average Bonchev–Trinajstić information content (AvgIpc) is 2.80. The number of aliphatic carboxylic acids is 1. The van der Waals surface area contributed by atoms with Gasteiger partial charge in [-0.05, 0) is 36.8 Å². The Morgan fingerprint density at radius 3 is 2.78 bits per heavy atom. The smallest absolute Gasteiger partial charge is 0.303 e. The van der Waals surface area contributed by atoms with Gasteiger partial charge in [0.2, 0.25) is 5.88 Å². The Morgan fingerprint density at radius 2 is 2.09 bits per heavy atom. The van der Waals surface area contributed by atoms with E-state index in [0.29, 0.717) is 21.8 Å². The largest absolute Gasteiger partial charge is 0.493 e. The highest BCUT2D eigenvalue weighted by atomic mass is 32.1. The summed E-state index contributed by atoms with van der Waals surface area (Å²) < 4.78 is 2.02. The fourth-order valence-electron chi connectivity index (χ4n) is 1.80. The van der Waals surface area contributed by atoms with Crippen LogP contribution in [0, 0.1) is 3.95 Å². The predicted molar refractivity (Wildman–Crippen MR) is 91.7 cm³/mol. The summed E-state index contributed by atoms with van der Waals surface area (Å²) in [6.45, 7) is 0.368. The molecule has 0 aliphatic heterocycles. The maximum Gasteiger partial charge on any atom is 0.303 e. The molecule has 1 aromatic heterocycles. The summed E-state index contributed by atoms with van der Waals surface area (Å²) in [6, 6.07) is 9.29. The summed E-state index contributed by atoms with van der Waals surface area (Å²) in [4.78, 5) is 11.1. The van der Waals surface area contributed by atoms with Gasteiger partial charge in [0.15, 0.2) is 3.95 Å². The lowest BCUT2D eigenvalue weighted by Gasteiger charge is -2.02. The van der Waals surface area contributed by atoms with E-state index in [9.17, 15) is 9.90 Å². The molecule has 6 nitrogen and oxygen atoms in total. The van der Waals surface area contributed by atoms with E-state index in [4.69, 9.17) is 17.3 Å². The second-order valence-corrected chi connectivity index (χ2v) is 6.25. The highest BCUT2D eigenvalue weighted by Crippen LogP contribution is 2.28. The van der Waals surface area contributed by atoms with Crippen LogP contribution in [0.2, 0.25) is 0 Å². The maximum absolute atomic E-state index is 10.5. The predicted octanol–water partition coefficient (Wildman–Crippen LogP) is 4.60. The zero-order valence-electron chi connectivity index (χ0n) is 12.1. The summed E-state index contributed by atoms with van der Waals surface area (Å²) in [7, 11) is 0. The molecule has 0 fully saturated rings. The molecular weight excluding hydrogens is 334 g/mol. The van der Waals surface area contributed by atoms with E-state index in [1.165, 1.54) is 22.1 Å². The standard InChI is InChI=1S/C15H15N3O3S2/c19-13(20)7-4-10-18-14(21)12(23-15(18)22)8-9-16-17-11-5-2-1-3-6-11/h1-3,5-6,8-9,21H,4,7,10H2,(H,19,20)/b9-8+,17-16?. The SMILES string of the molecule is O=C(O)CCCn1c(O)c(/C=C/N=Nc2ccccc2)sc1=S. The summed E-state index contributed by atoms with van der Waals surface area (Å²) in [6.07, 6.45) is 3.54. The minimum absolute atomic E-state index is 0.0246. The van der Waals surface area contributed by atoms with Crippen LogP contribution in [0.1, 0.15) is 17.7 Å². The van der Waals surface area contributed by atoms with Crippen molar-refractivity contribution in [3.63, 3.8) is 0 Å². The Hall–Kier alpha value is -2.32. The lowest BCUT2D eigenvalue weighted by molar-refractivity contribution is -0.137. The van der Waals surface area contributed by atoms with Crippen molar-refractivity contribution in [3.05, 3.63) is 45.4 Å². The summed E-state index contributed by atoms with van der Waals surface area (Å²) in [5.41, 5.74) is 0.736. The highest BCUT2D eigenvalue weighted by molar-refractivity contribution is 7.73. The van der Waals surface area contributed by atoms with Gasteiger partial charge in [-0.25, -0.2) is 0 Å². The Balaban J connectivity index is 2.03. The lowest BCUT2D eigenvalue weighted by Crippen LogP contribution is -2.01. The molecule has 0 amide bonds. The first-order valence-corrected chi connectivity index (χ1v) is 8.07. The number of carboxylic acids is 1. The van der Waals surface area contributed by atoms with Crippen molar-refractivity contribution in [1.29, 1.82) is 0 Å². The van der Waals surface area contributed by atoms with E-state index in [1.807, 2.05) is 30.3 Å². The van der Waals surface area contributed by atoms with E-state index < -0.39 is 5.97 Å². The fourth-order valence-corrected chi connectivity index (χ4v) is 3.06. The van der Waals surface area contributed by atoms with Gasteiger partial charge in [0.05, 0.1) is 16.8 Å². The molecule has 0 saturated carbocycles. The molecule has 2 aromatic rings. The van der Waals surface area contributed by atoms with Gasteiger partial charge in [0, 0.05) is 13.0 Å². The van der Waals surface area contributed by atoms with Crippen molar-refractivity contribution < 1.29 is 15.0 Å². The van der Waals surface area contributed by atoms with Crippen LogP contribution in [0.25, 0.3) is 6.08 Å². The van der Waals surface area contributed by atoms with Crippen LogP contribution in [0.5, 0.6) is 5.88 Å². The van der Waals surface area contributed by atoms with Gasteiger partial charge in [-0.1, -0.05) is 18.2 Å². The van der Waals surface area contributed by atoms with Gasteiger partial charge in [0.25, 0.3) is 0 Å². The van der Waals surface area contributed by atoms with Gasteiger partial charge in [-0.15, -0.1) is 11.3 Å². The van der Waals surface area contributed by atoms with Crippen molar-refractivity contribution >= 4 is 41.3 Å². The van der Waals surface area contributed by atoms with Crippen molar-refractivity contribution in [3.8, 4) is 5.88 Å². The monoisotopic (exact) mass is 349 g/mol. The molecular formula is C15H15N3O3S2.